The molecule has 1 aromatic rings. The summed E-state index contributed by atoms with van der Waals surface area (Å²) in [5, 5.41) is 0. The minimum atomic E-state index is -0.456. The number of rotatable bonds is 10. The molecular weight excluding hydrogens is 356 g/mol. The zero-order valence-corrected chi connectivity index (χ0v) is 18.1. The van der Waals surface area contributed by atoms with E-state index in [0.717, 1.165) is 18.0 Å². The van der Waals surface area contributed by atoms with E-state index >= 15 is 0 Å². The lowest BCUT2D eigenvalue weighted by atomic mass is 9.78. The number of imidazole rings is 1. The van der Waals surface area contributed by atoms with Gasteiger partial charge in [-0.25, -0.2) is 4.98 Å². The largest absolute Gasteiger partial charge is 0.469 e. The molecule has 0 saturated heterocycles. The third kappa shape index (κ3) is 6.95. The summed E-state index contributed by atoms with van der Waals surface area (Å²) in [6.45, 7) is 7.83. The van der Waals surface area contributed by atoms with Gasteiger partial charge in [0.05, 0.1) is 25.0 Å². The van der Waals surface area contributed by atoms with E-state index < -0.39 is 5.60 Å². The lowest BCUT2D eigenvalue weighted by Gasteiger charge is -2.35. The van der Waals surface area contributed by atoms with E-state index in [-0.39, 0.29) is 17.9 Å². The predicted octanol–water partition coefficient (Wildman–Crippen LogP) is 4.48. The quantitative estimate of drug-likeness (QED) is 0.434. The molecule has 2 rings (SSSR count). The monoisotopic (exact) mass is 392 g/mol. The number of ether oxygens (including phenoxy) is 2. The molecule has 6 nitrogen and oxygen atoms in total. The highest BCUT2D eigenvalue weighted by Gasteiger charge is 2.29. The second-order valence-corrected chi connectivity index (χ2v) is 8.97. The molecule has 1 fully saturated rings. The number of esters is 2. The highest BCUT2D eigenvalue weighted by molar-refractivity contribution is 5.72. The summed E-state index contributed by atoms with van der Waals surface area (Å²) in [6.07, 6.45) is 10.8. The van der Waals surface area contributed by atoms with Gasteiger partial charge in [0.2, 0.25) is 0 Å². The Hall–Kier alpha value is -1.85. The minimum Gasteiger partial charge on any atom is -0.469 e. The molecule has 28 heavy (non-hydrogen) atoms. The Kier molecular flexibility index (Phi) is 8.08. The van der Waals surface area contributed by atoms with E-state index in [0.29, 0.717) is 31.7 Å². The molecular formula is C22H36N2O4. The molecule has 0 bridgehead atoms. The topological polar surface area (TPSA) is 70.4 Å². The van der Waals surface area contributed by atoms with Crippen LogP contribution in [-0.4, -0.2) is 34.2 Å². The van der Waals surface area contributed by atoms with E-state index in [1.807, 2.05) is 27.1 Å². The molecule has 1 aromatic heterocycles. The van der Waals surface area contributed by atoms with Crippen LogP contribution in [0.1, 0.15) is 84.4 Å². The van der Waals surface area contributed by atoms with Crippen molar-refractivity contribution in [3.05, 3.63) is 18.2 Å². The fourth-order valence-corrected chi connectivity index (χ4v) is 3.74. The number of carbonyl (C=O) groups excluding carboxylic acids is 2. The zero-order valence-electron chi connectivity index (χ0n) is 18.1. The van der Waals surface area contributed by atoms with Crippen LogP contribution < -0.4 is 0 Å². The number of hydrogen-bond donors (Lipinski definition) is 0. The molecule has 158 valence electrons. The van der Waals surface area contributed by atoms with Gasteiger partial charge in [0.15, 0.2) is 0 Å². The second-order valence-electron chi connectivity index (χ2n) is 8.97. The van der Waals surface area contributed by atoms with Crippen molar-refractivity contribution >= 4 is 11.9 Å². The summed E-state index contributed by atoms with van der Waals surface area (Å²) >= 11 is 0. The third-order valence-electron chi connectivity index (χ3n) is 5.46. The van der Waals surface area contributed by atoms with E-state index in [1.165, 1.54) is 26.4 Å². The van der Waals surface area contributed by atoms with Crippen molar-refractivity contribution in [3.63, 3.8) is 0 Å². The summed E-state index contributed by atoms with van der Waals surface area (Å²) in [7, 11) is 1.42. The van der Waals surface area contributed by atoms with E-state index in [9.17, 15) is 9.59 Å². The van der Waals surface area contributed by atoms with Crippen LogP contribution in [0.25, 0.3) is 0 Å². The Morgan fingerprint density at radius 2 is 2.00 bits per heavy atom. The van der Waals surface area contributed by atoms with Crippen LogP contribution in [0.15, 0.2) is 12.5 Å². The second kappa shape index (κ2) is 10.1. The van der Waals surface area contributed by atoms with Gasteiger partial charge in [-0.2, -0.15) is 0 Å². The van der Waals surface area contributed by atoms with E-state index in [1.54, 1.807) is 0 Å². The SMILES string of the molecule is CCC1CC(n2cnc(CC(CCCCC(=O)OC(C)(C)C)C(=O)OC)c2)C1. The Labute approximate surface area is 169 Å². The molecule has 0 N–H and O–H groups in total. The smallest absolute Gasteiger partial charge is 0.309 e. The first-order chi connectivity index (χ1) is 13.2. The average molecular weight is 393 g/mol. The first-order valence-electron chi connectivity index (χ1n) is 10.5. The van der Waals surface area contributed by atoms with Gasteiger partial charge in [-0.15, -0.1) is 0 Å². The van der Waals surface area contributed by atoms with Gasteiger partial charge in [0.25, 0.3) is 0 Å². The summed E-state index contributed by atoms with van der Waals surface area (Å²) in [6, 6.07) is 0.552. The van der Waals surface area contributed by atoms with Gasteiger partial charge in [-0.05, 0) is 52.4 Å². The molecule has 0 spiro atoms. The first kappa shape index (κ1) is 22.4. The van der Waals surface area contributed by atoms with Crippen molar-refractivity contribution in [1.82, 2.24) is 9.55 Å². The number of nitrogens with zero attached hydrogens (tertiary/aromatic N) is 2. The van der Waals surface area contributed by atoms with Crippen molar-refractivity contribution in [3.8, 4) is 0 Å². The standard InChI is InChI=1S/C22H36N2O4/c1-6-16-11-19(12-16)24-14-18(23-15-24)13-17(21(26)27-5)9-7-8-10-20(25)28-22(2,3)4/h14-17,19H,6-13H2,1-5H3. The molecule has 1 saturated carbocycles. The maximum atomic E-state index is 12.2. The summed E-state index contributed by atoms with van der Waals surface area (Å²) < 4.78 is 12.5. The minimum absolute atomic E-state index is 0.188. The number of methoxy groups -OCH3 is 1. The number of carbonyl (C=O) groups is 2. The molecule has 1 aliphatic rings. The van der Waals surface area contributed by atoms with Gasteiger partial charge >= 0.3 is 11.9 Å². The Bertz CT molecular complexity index is 641. The van der Waals surface area contributed by atoms with Crippen LogP contribution >= 0.6 is 0 Å². The Balaban J connectivity index is 1.79. The molecule has 0 aliphatic heterocycles. The summed E-state index contributed by atoms with van der Waals surface area (Å²) in [5.41, 5.74) is 0.477. The Morgan fingerprint density at radius 1 is 1.29 bits per heavy atom. The molecule has 0 aromatic carbocycles. The van der Waals surface area contributed by atoms with Gasteiger partial charge in [0, 0.05) is 25.1 Å². The third-order valence-corrected chi connectivity index (χ3v) is 5.46. The normalized spacial score (nSPS) is 20.3. The van der Waals surface area contributed by atoms with Crippen LogP contribution in [0.3, 0.4) is 0 Å². The molecule has 1 heterocycles. The maximum absolute atomic E-state index is 12.2. The van der Waals surface area contributed by atoms with Crippen LogP contribution in [0.4, 0.5) is 0 Å². The lowest BCUT2D eigenvalue weighted by molar-refractivity contribution is -0.154. The van der Waals surface area contributed by atoms with Crippen molar-refractivity contribution in [1.29, 1.82) is 0 Å². The molecule has 1 atom stereocenters. The molecule has 1 aliphatic carbocycles. The number of hydrogen-bond acceptors (Lipinski definition) is 5. The highest BCUT2D eigenvalue weighted by Crippen LogP contribution is 2.39. The van der Waals surface area contributed by atoms with Gasteiger partial charge in [0.1, 0.15) is 5.60 Å². The summed E-state index contributed by atoms with van der Waals surface area (Å²) in [5.74, 6) is 0.216. The highest BCUT2D eigenvalue weighted by atomic mass is 16.6. The molecule has 6 heteroatoms. The predicted molar refractivity (Wildman–Crippen MR) is 108 cm³/mol. The zero-order chi connectivity index (χ0) is 20.7. The number of unbranched alkanes of at least 4 members (excludes halogenated alkanes) is 1. The van der Waals surface area contributed by atoms with Gasteiger partial charge in [-0.3, -0.25) is 9.59 Å². The van der Waals surface area contributed by atoms with Crippen molar-refractivity contribution in [2.45, 2.75) is 90.7 Å². The summed E-state index contributed by atoms with van der Waals surface area (Å²) in [4.78, 5) is 28.5. The van der Waals surface area contributed by atoms with Crippen molar-refractivity contribution < 1.29 is 19.1 Å². The van der Waals surface area contributed by atoms with Crippen LogP contribution in [-0.2, 0) is 25.5 Å². The fraction of sp³-hybridized carbons (Fsp3) is 0.773. The van der Waals surface area contributed by atoms with Crippen molar-refractivity contribution in [2.75, 3.05) is 7.11 Å². The van der Waals surface area contributed by atoms with E-state index in [2.05, 4.69) is 22.7 Å². The average Bonchev–Trinajstić information content (AvgIpc) is 3.02. The lowest BCUT2D eigenvalue weighted by Crippen LogP contribution is -2.25. The van der Waals surface area contributed by atoms with Crippen LogP contribution in [0, 0.1) is 11.8 Å². The van der Waals surface area contributed by atoms with Crippen LogP contribution in [0.2, 0.25) is 0 Å². The maximum Gasteiger partial charge on any atom is 0.309 e. The van der Waals surface area contributed by atoms with Crippen molar-refractivity contribution in [2.24, 2.45) is 11.8 Å². The van der Waals surface area contributed by atoms with E-state index in [4.69, 9.17) is 9.47 Å². The first-order valence-corrected chi connectivity index (χ1v) is 10.5. The van der Waals surface area contributed by atoms with Crippen LogP contribution in [0.5, 0.6) is 0 Å². The molecule has 0 amide bonds. The van der Waals surface area contributed by atoms with Gasteiger partial charge < -0.3 is 14.0 Å². The fourth-order valence-electron chi connectivity index (χ4n) is 3.74. The molecule has 1 unspecified atom stereocenters. The molecule has 0 radical (unpaired) electrons. The van der Waals surface area contributed by atoms with Gasteiger partial charge in [-0.1, -0.05) is 19.8 Å². The Morgan fingerprint density at radius 3 is 2.61 bits per heavy atom. The number of aromatic nitrogens is 2.